The average molecular weight is 164 g/mol. The summed E-state index contributed by atoms with van der Waals surface area (Å²) in [6, 6.07) is 0. The zero-order valence-electron chi connectivity index (χ0n) is 4.83. The number of hydrogen-bond acceptors (Lipinski definition) is 2. The molecule has 0 aliphatic rings. The first-order chi connectivity index (χ1) is 3.13. The Morgan fingerprint density at radius 1 is 1.12 bits per heavy atom. The second kappa shape index (κ2) is 5.01. The Kier molecular flexibility index (Phi) is 6.74. The van der Waals surface area contributed by atoms with Crippen molar-refractivity contribution in [1.82, 2.24) is 0 Å². The molecule has 0 saturated carbocycles. The first kappa shape index (κ1) is 10.8. The third-order valence-electron chi connectivity index (χ3n) is 0.498. The average Bonchev–Trinajstić information content (AvgIpc) is 1.27. The van der Waals surface area contributed by atoms with E-state index in [0.29, 0.717) is 0 Å². The summed E-state index contributed by atoms with van der Waals surface area (Å²) in [5, 5.41) is 0. The minimum atomic E-state index is -0.0625. The van der Waals surface area contributed by atoms with E-state index in [1.165, 1.54) is 13.8 Å². The largest absolute Gasteiger partial charge is 1.00 e. The Bertz CT molecular complexity index is 86.6. The van der Waals surface area contributed by atoms with Crippen LogP contribution in [0.2, 0.25) is 0 Å². The molecule has 0 unspecified atom stereocenters. The summed E-state index contributed by atoms with van der Waals surface area (Å²) in [4.78, 5) is 20.1. The van der Waals surface area contributed by atoms with Crippen LogP contribution in [-0.4, -0.2) is 11.6 Å². The van der Waals surface area contributed by atoms with Gasteiger partial charge in [-0.25, -0.2) is 0 Å². The second-order valence-corrected chi connectivity index (χ2v) is 1.58. The fourth-order valence-corrected chi connectivity index (χ4v) is 0.351. The van der Waals surface area contributed by atoms with E-state index in [4.69, 9.17) is 0 Å². The molecular weight excluding hydrogens is 156 g/mol. The van der Waals surface area contributed by atoms with Gasteiger partial charge in [0.05, 0.1) is 6.42 Å². The van der Waals surface area contributed by atoms with Gasteiger partial charge in [0.1, 0.15) is 11.6 Å². The predicted octanol–water partition coefficient (Wildman–Crippen LogP) is 0.552. The van der Waals surface area contributed by atoms with E-state index in [1.54, 1.807) is 0 Å². The van der Waals surface area contributed by atoms with Gasteiger partial charge in [0.15, 0.2) is 0 Å². The Balaban J connectivity index is 0. The summed E-state index contributed by atoms with van der Waals surface area (Å²) in [6.07, 6.45) is 0.0833. The first-order valence-corrected chi connectivity index (χ1v) is 2.12. The topological polar surface area (TPSA) is 34.1 Å². The van der Waals surface area contributed by atoms with Crippen LogP contribution >= 0.6 is 0 Å². The zero-order valence-corrected chi connectivity index (χ0v) is 5.77. The standard InChI is InChI=1S/C5H8O2.Cu/c1-4(6)3-5(2)7;/h3H2,1-2H3;/q;+1. The van der Waals surface area contributed by atoms with Gasteiger partial charge in [-0.1, -0.05) is 0 Å². The van der Waals surface area contributed by atoms with Crippen LogP contribution < -0.4 is 0 Å². The minimum absolute atomic E-state index is 0. The summed E-state index contributed by atoms with van der Waals surface area (Å²) in [6.45, 7) is 2.81. The van der Waals surface area contributed by atoms with Crippen LogP contribution in [0.4, 0.5) is 0 Å². The molecular formula is C5H8CuO2+. The van der Waals surface area contributed by atoms with Gasteiger partial charge in [-0.05, 0) is 13.8 Å². The Morgan fingerprint density at radius 3 is 1.38 bits per heavy atom. The van der Waals surface area contributed by atoms with Gasteiger partial charge in [-0.3, -0.25) is 9.59 Å². The molecule has 0 amide bonds. The van der Waals surface area contributed by atoms with Gasteiger partial charge in [0.2, 0.25) is 0 Å². The van der Waals surface area contributed by atoms with Crippen molar-refractivity contribution in [2.24, 2.45) is 0 Å². The van der Waals surface area contributed by atoms with E-state index in [0.717, 1.165) is 0 Å². The zero-order chi connectivity index (χ0) is 5.86. The summed E-state index contributed by atoms with van der Waals surface area (Å²) in [5.41, 5.74) is 0. The molecule has 0 fully saturated rings. The predicted molar refractivity (Wildman–Crippen MR) is 26.0 cm³/mol. The maximum atomic E-state index is 10.0. The number of Topliss-reactive ketones (excluding diaryl/α,β-unsaturated/α-hetero) is 2. The second-order valence-electron chi connectivity index (χ2n) is 1.58. The van der Waals surface area contributed by atoms with E-state index in [9.17, 15) is 9.59 Å². The SMILES string of the molecule is CC(=O)CC(C)=O.[Cu+]. The number of hydrogen-bond donors (Lipinski definition) is 0. The number of rotatable bonds is 2. The molecule has 0 heterocycles. The molecule has 8 heavy (non-hydrogen) atoms. The van der Waals surface area contributed by atoms with Gasteiger partial charge >= 0.3 is 17.1 Å². The van der Waals surface area contributed by atoms with Crippen molar-refractivity contribution in [3.63, 3.8) is 0 Å². The van der Waals surface area contributed by atoms with Crippen LogP contribution in [0.5, 0.6) is 0 Å². The van der Waals surface area contributed by atoms with E-state index in [-0.39, 0.29) is 35.1 Å². The molecule has 0 aliphatic carbocycles. The summed E-state index contributed by atoms with van der Waals surface area (Å²) in [5.74, 6) is -0.125. The number of carbonyl (C=O) groups is 2. The molecule has 2 nitrogen and oxygen atoms in total. The van der Waals surface area contributed by atoms with Crippen LogP contribution in [0, 0.1) is 0 Å². The quantitative estimate of drug-likeness (QED) is 0.440. The monoisotopic (exact) mass is 163 g/mol. The number of carbonyl (C=O) groups excluding carboxylic acids is 2. The molecule has 0 aromatic heterocycles. The van der Waals surface area contributed by atoms with Gasteiger partial charge in [0, 0.05) is 0 Å². The van der Waals surface area contributed by atoms with Crippen molar-refractivity contribution in [2.45, 2.75) is 20.3 Å². The van der Waals surface area contributed by atoms with E-state index in [2.05, 4.69) is 0 Å². The van der Waals surface area contributed by atoms with E-state index < -0.39 is 0 Å². The van der Waals surface area contributed by atoms with Crippen molar-refractivity contribution < 1.29 is 26.7 Å². The molecule has 0 radical (unpaired) electrons. The third kappa shape index (κ3) is 9.29. The maximum Gasteiger partial charge on any atom is 1.00 e. The Labute approximate surface area is 59.1 Å². The van der Waals surface area contributed by atoms with Crippen molar-refractivity contribution in [1.29, 1.82) is 0 Å². The van der Waals surface area contributed by atoms with E-state index in [1.807, 2.05) is 0 Å². The Morgan fingerprint density at radius 2 is 1.38 bits per heavy atom. The maximum absolute atomic E-state index is 10.0. The minimum Gasteiger partial charge on any atom is -0.300 e. The van der Waals surface area contributed by atoms with Crippen molar-refractivity contribution in [3.8, 4) is 0 Å². The summed E-state index contributed by atoms with van der Waals surface area (Å²) >= 11 is 0. The first-order valence-electron chi connectivity index (χ1n) is 2.12. The molecule has 0 bridgehead atoms. The van der Waals surface area contributed by atoms with Gasteiger partial charge in [-0.15, -0.1) is 0 Å². The van der Waals surface area contributed by atoms with Crippen LogP contribution in [-0.2, 0) is 26.7 Å². The fraction of sp³-hybridized carbons (Fsp3) is 0.600. The van der Waals surface area contributed by atoms with Crippen LogP contribution in [0.25, 0.3) is 0 Å². The number of ketones is 2. The molecule has 0 aliphatic heterocycles. The van der Waals surface area contributed by atoms with Crippen molar-refractivity contribution in [3.05, 3.63) is 0 Å². The van der Waals surface area contributed by atoms with Crippen LogP contribution in [0.15, 0.2) is 0 Å². The summed E-state index contributed by atoms with van der Waals surface area (Å²) < 4.78 is 0. The Hall–Kier alpha value is -0.141. The summed E-state index contributed by atoms with van der Waals surface area (Å²) in [7, 11) is 0. The molecule has 50 valence electrons. The van der Waals surface area contributed by atoms with Crippen LogP contribution in [0.1, 0.15) is 20.3 Å². The molecule has 0 spiro atoms. The normalized spacial score (nSPS) is 7.25. The van der Waals surface area contributed by atoms with E-state index >= 15 is 0 Å². The molecule has 3 heteroatoms. The van der Waals surface area contributed by atoms with Crippen molar-refractivity contribution in [2.75, 3.05) is 0 Å². The molecule has 0 rings (SSSR count). The molecule has 0 aromatic carbocycles. The van der Waals surface area contributed by atoms with Gasteiger partial charge in [-0.2, -0.15) is 0 Å². The fourth-order valence-electron chi connectivity index (χ4n) is 0.351. The molecule has 0 saturated heterocycles. The smallest absolute Gasteiger partial charge is 0.300 e. The molecule has 0 N–H and O–H groups in total. The van der Waals surface area contributed by atoms with Gasteiger partial charge < -0.3 is 0 Å². The third-order valence-corrected chi connectivity index (χ3v) is 0.498. The molecule has 0 atom stereocenters. The molecule has 0 aromatic rings. The van der Waals surface area contributed by atoms with Crippen LogP contribution in [0.3, 0.4) is 0 Å². The van der Waals surface area contributed by atoms with Gasteiger partial charge in [0.25, 0.3) is 0 Å². The van der Waals surface area contributed by atoms with Crippen molar-refractivity contribution >= 4 is 11.6 Å².